The molecule has 0 aliphatic heterocycles. The largest absolute Gasteiger partial charge is 0.468 e. The van der Waals surface area contributed by atoms with Gasteiger partial charge in [0.2, 0.25) is 0 Å². The van der Waals surface area contributed by atoms with Crippen LogP contribution in [0.4, 0.5) is 0 Å². The molecule has 0 saturated carbocycles. The topological polar surface area (TPSA) is 84.1 Å². The van der Waals surface area contributed by atoms with E-state index in [0.29, 0.717) is 16.6 Å². The number of hydrogen-bond acceptors (Lipinski definition) is 6. The normalized spacial score (nSPS) is 14.0. The van der Waals surface area contributed by atoms with E-state index in [1.807, 2.05) is 0 Å². The van der Waals surface area contributed by atoms with E-state index in [4.69, 9.17) is 4.74 Å². The third kappa shape index (κ3) is 3.58. The molecule has 7 heteroatoms. The minimum absolute atomic E-state index is 0.200. The van der Waals surface area contributed by atoms with E-state index in [9.17, 15) is 9.59 Å². The number of hydrogen-bond donors (Lipinski definition) is 2. The number of nitrogens with one attached hydrogen (secondary N) is 2. The van der Waals surface area contributed by atoms with Crippen molar-refractivity contribution in [1.29, 1.82) is 0 Å². The number of aryl methyl sites for hydroxylation is 1. The second-order valence-electron chi connectivity index (χ2n) is 4.05. The summed E-state index contributed by atoms with van der Waals surface area (Å²) in [6.45, 7) is 3.48. The lowest BCUT2D eigenvalue weighted by atomic mass is 10.1. The molecule has 2 N–H and O–H groups in total. The lowest BCUT2D eigenvalue weighted by Gasteiger charge is -2.25. The van der Waals surface area contributed by atoms with Crippen molar-refractivity contribution < 1.29 is 9.53 Å². The molecule has 100 valence electrons. The molecule has 0 spiro atoms. The standard InChI is InChI=1S/C11H17N3O3S/c1-7-5-8(15)14-10(13-7)18-6-11(2,12-3)9(16)17-4/h5,12H,6H2,1-4H3,(H,13,14,15). The molecule has 0 bridgehead atoms. The fourth-order valence-electron chi connectivity index (χ4n) is 1.29. The molecule has 1 atom stereocenters. The summed E-state index contributed by atoms with van der Waals surface area (Å²) in [5, 5.41) is 3.40. The average Bonchev–Trinajstić information content (AvgIpc) is 2.33. The van der Waals surface area contributed by atoms with Crippen molar-refractivity contribution in [3.63, 3.8) is 0 Å². The van der Waals surface area contributed by atoms with Gasteiger partial charge in [0.15, 0.2) is 5.16 Å². The van der Waals surface area contributed by atoms with Crippen LogP contribution in [0.15, 0.2) is 16.0 Å². The molecule has 0 aliphatic rings. The van der Waals surface area contributed by atoms with Gasteiger partial charge in [-0.25, -0.2) is 4.98 Å². The first-order valence-corrected chi connectivity index (χ1v) is 6.38. The zero-order valence-corrected chi connectivity index (χ0v) is 11.7. The molecule has 1 aromatic heterocycles. The lowest BCUT2D eigenvalue weighted by Crippen LogP contribution is -2.50. The number of nitrogens with zero attached hydrogens (tertiary/aromatic N) is 1. The smallest absolute Gasteiger partial charge is 0.326 e. The van der Waals surface area contributed by atoms with Crippen LogP contribution < -0.4 is 10.9 Å². The number of aromatic amines is 1. The highest BCUT2D eigenvalue weighted by Gasteiger charge is 2.32. The summed E-state index contributed by atoms with van der Waals surface area (Å²) >= 11 is 1.29. The third-order valence-electron chi connectivity index (χ3n) is 2.53. The highest BCUT2D eigenvalue weighted by atomic mass is 32.2. The van der Waals surface area contributed by atoms with E-state index in [2.05, 4.69) is 15.3 Å². The number of ether oxygens (including phenoxy) is 1. The third-order valence-corrected chi connectivity index (χ3v) is 3.72. The number of thioether (sulfide) groups is 1. The van der Waals surface area contributed by atoms with Gasteiger partial charge in [-0.2, -0.15) is 0 Å². The number of esters is 1. The molecule has 0 aromatic carbocycles. The minimum Gasteiger partial charge on any atom is -0.468 e. The molecule has 18 heavy (non-hydrogen) atoms. The maximum absolute atomic E-state index is 11.6. The van der Waals surface area contributed by atoms with Gasteiger partial charge in [-0.1, -0.05) is 11.8 Å². The van der Waals surface area contributed by atoms with Gasteiger partial charge in [0.05, 0.1) is 7.11 Å². The molecular weight excluding hydrogens is 254 g/mol. The second-order valence-corrected chi connectivity index (χ2v) is 5.02. The van der Waals surface area contributed by atoms with Crippen LogP contribution in [0, 0.1) is 6.92 Å². The van der Waals surface area contributed by atoms with Gasteiger partial charge in [0, 0.05) is 17.5 Å². The van der Waals surface area contributed by atoms with Gasteiger partial charge < -0.3 is 15.0 Å². The van der Waals surface area contributed by atoms with Crippen LogP contribution in [0.2, 0.25) is 0 Å². The van der Waals surface area contributed by atoms with Gasteiger partial charge in [-0.3, -0.25) is 9.59 Å². The summed E-state index contributed by atoms with van der Waals surface area (Å²) in [4.78, 5) is 29.7. The van der Waals surface area contributed by atoms with Gasteiger partial charge in [0.1, 0.15) is 5.54 Å². The maximum Gasteiger partial charge on any atom is 0.326 e. The Hall–Kier alpha value is -1.34. The first-order valence-electron chi connectivity index (χ1n) is 5.39. The predicted octanol–water partition coefficient (Wildman–Crippen LogP) is 0.322. The van der Waals surface area contributed by atoms with E-state index >= 15 is 0 Å². The Morgan fingerprint density at radius 1 is 1.67 bits per heavy atom. The van der Waals surface area contributed by atoms with Gasteiger partial charge in [-0.05, 0) is 20.9 Å². The number of likely N-dealkylation sites (N-methyl/N-ethyl adjacent to an activating group) is 1. The Bertz CT molecular complexity index is 489. The number of carbonyl (C=O) groups excluding carboxylic acids is 1. The van der Waals surface area contributed by atoms with Crippen molar-refractivity contribution in [2.45, 2.75) is 24.5 Å². The predicted molar refractivity (Wildman–Crippen MR) is 69.8 cm³/mol. The van der Waals surface area contributed by atoms with Gasteiger partial charge in [0.25, 0.3) is 5.56 Å². The Kier molecular flexibility index (Phi) is 4.92. The van der Waals surface area contributed by atoms with E-state index in [0.717, 1.165) is 0 Å². The molecule has 6 nitrogen and oxygen atoms in total. The summed E-state index contributed by atoms with van der Waals surface area (Å²) < 4.78 is 4.74. The van der Waals surface area contributed by atoms with E-state index in [-0.39, 0.29) is 11.5 Å². The second kappa shape index (κ2) is 6.01. The van der Waals surface area contributed by atoms with Crippen molar-refractivity contribution in [2.75, 3.05) is 19.9 Å². The number of H-pyrrole nitrogens is 1. The number of carbonyl (C=O) groups is 1. The summed E-state index contributed by atoms with van der Waals surface area (Å²) in [5.41, 5.74) is -0.374. The van der Waals surface area contributed by atoms with Crippen molar-refractivity contribution >= 4 is 17.7 Å². The zero-order valence-electron chi connectivity index (χ0n) is 10.9. The van der Waals surface area contributed by atoms with Crippen LogP contribution in [0.5, 0.6) is 0 Å². The molecule has 0 amide bonds. The first kappa shape index (κ1) is 14.7. The number of aromatic nitrogens is 2. The SMILES string of the molecule is CNC(C)(CSc1nc(C)cc(=O)[nH]1)C(=O)OC. The molecule has 1 heterocycles. The van der Waals surface area contributed by atoms with Crippen LogP contribution in [-0.4, -0.2) is 41.4 Å². The monoisotopic (exact) mass is 271 g/mol. The first-order chi connectivity index (χ1) is 8.41. The molecule has 0 aliphatic carbocycles. The van der Waals surface area contributed by atoms with Crippen molar-refractivity contribution in [3.05, 3.63) is 22.1 Å². The number of rotatable bonds is 5. The maximum atomic E-state index is 11.6. The van der Waals surface area contributed by atoms with Crippen LogP contribution in [0.3, 0.4) is 0 Å². The molecular formula is C11H17N3O3S. The Labute approximate surface area is 110 Å². The number of methoxy groups -OCH3 is 1. The van der Waals surface area contributed by atoms with Crippen molar-refractivity contribution in [1.82, 2.24) is 15.3 Å². The zero-order chi connectivity index (χ0) is 13.8. The van der Waals surface area contributed by atoms with Crippen LogP contribution in [-0.2, 0) is 9.53 Å². The van der Waals surface area contributed by atoms with E-state index in [1.165, 1.54) is 24.9 Å². The summed E-state index contributed by atoms with van der Waals surface area (Å²) in [5.74, 6) is 0.0512. The molecule has 1 rings (SSSR count). The fraction of sp³-hybridized carbons (Fsp3) is 0.545. The lowest BCUT2D eigenvalue weighted by molar-refractivity contribution is -0.146. The Balaban J connectivity index is 2.80. The highest BCUT2D eigenvalue weighted by molar-refractivity contribution is 7.99. The van der Waals surface area contributed by atoms with Gasteiger partial charge in [-0.15, -0.1) is 0 Å². The summed E-state index contributed by atoms with van der Waals surface area (Å²) in [7, 11) is 3.03. The molecule has 0 fully saturated rings. The van der Waals surface area contributed by atoms with Crippen LogP contribution >= 0.6 is 11.8 Å². The highest BCUT2D eigenvalue weighted by Crippen LogP contribution is 2.19. The fourth-order valence-corrected chi connectivity index (χ4v) is 2.36. The quantitative estimate of drug-likeness (QED) is 0.456. The average molecular weight is 271 g/mol. The van der Waals surface area contributed by atoms with Crippen LogP contribution in [0.25, 0.3) is 0 Å². The summed E-state index contributed by atoms with van der Waals surface area (Å²) in [6, 6.07) is 1.42. The Morgan fingerprint density at radius 2 is 2.33 bits per heavy atom. The van der Waals surface area contributed by atoms with E-state index < -0.39 is 5.54 Å². The van der Waals surface area contributed by atoms with Crippen molar-refractivity contribution in [2.24, 2.45) is 0 Å². The minimum atomic E-state index is -0.818. The van der Waals surface area contributed by atoms with Crippen LogP contribution in [0.1, 0.15) is 12.6 Å². The Morgan fingerprint density at radius 3 is 2.83 bits per heavy atom. The molecule has 0 saturated heterocycles. The molecule has 1 unspecified atom stereocenters. The molecule has 1 aromatic rings. The molecule has 0 radical (unpaired) electrons. The van der Waals surface area contributed by atoms with Gasteiger partial charge >= 0.3 is 5.97 Å². The van der Waals surface area contributed by atoms with Crippen molar-refractivity contribution in [3.8, 4) is 0 Å². The van der Waals surface area contributed by atoms with E-state index in [1.54, 1.807) is 20.9 Å². The summed E-state index contributed by atoms with van der Waals surface area (Å²) in [6.07, 6.45) is 0.